The SMILES string of the molecule is Cc1cc(Cl)c(CCN(C)CCCl)cc1F. The van der Waals surface area contributed by atoms with Gasteiger partial charge in [-0.25, -0.2) is 4.39 Å². The van der Waals surface area contributed by atoms with Gasteiger partial charge in [0.2, 0.25) is 0 Å². The van der Waals surface area contributed by atoms with Crippen LogP contribution in [0.15, 0.2) is 12.1 Å². The molecule has 0 aliphatic rings. The molecule has 0 saturated heterocycles. The van der Waals surface area contributed by atoms with Gasteiger partial charge in [0.25, 0.3) is 0 Å². The van der Waals surface area contributed by atoms with Crippen molar-refractivity contribution >= 4 is 23.2 Å². The summed E-state index contributed by atoms with van der Waals surface area (Å²) in [6.45, 7) is 3.37. The van der Waals surface area contributed by atoms with Gasteiger partial charge in [0.15, 0.2) is 0 Å². The predicted octanol–water partition coefficient (Wildman–Crippen LogP) is 3.50. The molecular weight excluding hydrogens is 248 g/mol. The van der Waals surface area contributed by atoms with Crippen molar-refractivity contribution in [2.24, 2.45) is 0 Å². The molecule has 1 aromatic carbocycles. The quantitative estimate of drug-likeness (QED) is 0.736. The minimum Gasteiger partial charge on any atom is -0.305 e. The average Bonchev–Trinajstić information content (AvgIpc) is 2.22. The molecule has 0 radical (unpaired) electrons. The zero-order chi connectivity index (χ0) is 12.1. The van der Waals surface area contributed by atoms with E-state index in [0.29, 0.717) is 16.5 Å². The molecule has 0 N–H and O–H groups in total. The lowest BCUT2D eigenvalue weighted by Gasteiger charge is -2.15. The summed E-state index contributed by atoms with van der Waals surface area (Å²) in [5.41, 5.74) is 1.44. The third-order valence-corrected chi connectivity index (χ3v) is 3.08. The molecule has 0 aromatic heterocycles. The number of benzene rings is 1. The second-order valence-corrected chi connectivity index (χ2v) is 4.72. The standard InChI is InChI=1S/C12H16Cl2FN/c1-9-7-11(14)10(8-12(9)15)3-5-16(2)6-4-13/h7-8H,3-6H2,1-2H3. The molecule has 1 aromatic rings. The van der Waals surface area contributed by atoms with Crippen LogP contribution in [0.4, 0.5) is 4.39 Å². The molecule has 0 aliphatic heterocycles. The van der Waals surface area contributed by atoms with E-state index in [1.165, 1.54) is 6.07 Å². The third-order valence-electron chi connectivity index (χ3n) is 2.56. The van der Waals surface area contributed by atoms with E-state index in [9.17, 15) is 4.39 Å². The molecular formula is C12H16Cl2FN. The smallest absolute Gasteiger partial charge is 0.126 e. The minimum atomic E-state index is -0.195. The summed E-state index contributed by atoms with van der Waals surface area (Å²) in [5, 5.41) is 0.637. The normalized spacial score (nSPS) is 11.1. The van der Waals surface area contributed by atoms with Gasteiger partial charge in [-0.3, -0.25) is 0 Å². The van der Waals surface area contributed by atoms with Crippen LogP contribution < -0.4 is 0 Å². The number of nitrogens with zero attached hydrogens (tertiary/aromatic N) is 1. The summed E-state index contributed by atoms with van der Waals surface area (Å²) in [5.74, 6) is 0.409. The van der Waals surface area contributed by atoms with E-state index < -0.39 is 0 Å². The van der Waals surface area contributed by atoms with Crippen LogP contribution in [0.1, 0.15) is 11.1 Å². The van der Waals surface area contributed by atoms with Gasteiger partial charge in [-0.15, -0.1) is 11.6 Å². The molecule has 16 heavy (non-hydrogen) atoms. The highest BCUT2D eigenvalue weighted by molar-refractivity contribution is 6.31. The molecule has 0 saturated carbocycles. The molecule has 0 amide bonds. The van der Waals surface area contributed by atoms with Crippen LogP contribution in [0.3, 0.4) is 0 Å². The fourth-order valence-corrected chi connectivity index (χ4v) is 2.05. The number of hydrogen-bond acceptors (Lipinski definition) is 1. The summed E-state index contributed by atoms with van der Waals surface area (Å²) in [4.78, 5) is 2.10. The van der Waals surface area contributed by atoms with Gasteiger partial charge in [-0.2, -0.15) is 0 Å². The topological polar surface area (TPSA) is 3.24 Å². The first kappa shape index (κ1) is 13.8. The lowest BCUT2D eigenvalue weighted by Crippen LogP contribution is -2.23. The van der Waals surface area contributed by atoms with E-state index in [1.54, 1.807) is 13.0 Å². The fraction of sp³-hybridized carbons (Fsp3) is 0.500. The molecule has 1 nitrogen and oxygen atoms in total. The second kappa shape index (κ2) is 6.43. The van der Waals surface area contributed by atoms with Crippen LogP contribution in [0.25, 0.3) is 0 Å². The minimum absolute atomic E-state index is 0.195. The van der Waals surface area contributed by atoms with Crippen molar-refractivity contribution in [2.75, 3.05) is 26.0 Å². The molecule has 0 bridgehead atoms. The van der Waals surface area contributed by atoms with Gasteiger partial charge in [0.05, 0.1) is 0 Å². The summed E-state index contributed by atoms with van der Waals surface area (Å²) in [6, 6.07) is 3.19. The Kier molecular flexibility index (Phi) is 5.53. The number of aryl methyl sites for hydroxylation is 1. The van der Waals surface area contributed by atoms with E-state index in [2.05, 4.69) is 4.90 Å². The van der Waals surface area contributed by atoms with E-state index >= 15 is 0 Å². The third kappa shape index (κ3) is 3.93. The molecule has 90 valence electrons. The van der Waals surface area contributed by atoms with Crippen molar-refractivity contribution in [1.29, 1.82) is 0 Å². The van der Waals surface area contributed by atoms with Crippen LogP contribution in [-0.2, 0) is 6.42 Å². The molecule has 0 aliphatic carbocycles. The van der Waals surface area contributed by atoms with Crippen LogP contribution in [-0.4, -0.2) is 30.9 Å². The molecule has 0 heterocycles. The summed E-state index contributed by atoms with van der Waals surface area (Å²) in [7, 11) is 1.99. The first-order valence-corrected chi connectivity index (χ1v) is 6.15. The van der Waals surface area contributed by atoms with E-state index in [4.69, 9.17) is 23.2 Å². The summed E-state index contributed by atoms with van der Waals surface area (Å²) in [6.07, 6.45) is 0.740. The van der Waals surface area contributed by atoms with Gasteiger partial charge in [-0.1, -0.05) is 11.6 Å². The zero-order valence-electron chi connectivity index (χ0n) is 9.56. The van der Waals surface area contributed by atoms with Gasteiger partial charge in [0, 0.05) is 24.0 Å². The van der Waals surface area contributed by atoms with Gasteiger partial charge in [0.1, 0.15) is 5.82 Å². The fourth-order valence-electron chi connectivity index (χ4n) is 1.45. The number of alkyl halides is 1. The van der Waals surface area contributed by atoms with Crippen molar-refractivity contribution in [3.8, 4) is 0 Å². The van der Waals surface area contributed by atoms with Crippen molar-refractivity contribution in [2.45, 2.75) is 13.3 Å². The maximum absolute atomic E-state index is 13.3. The number of hydrogen-bond donors (Lipinski definition) is 0. The molecule has 0 unspecified atom stereocenters. The molecule has 0 spiro atoms. The van der Waals surface area contributed by atoms with Crippen molar-refractivity contribution in [3.05, 3.63) is 34.1 Å². The predicted molar refractivity (Wildman–Crippen MR) is 68.1 cm³/mol. The van der Waals surface area contributed by atoms with Crippen LogP contribution in [0.2, 0.25) is 5.02 Å². The Labute approximate surface area is 106 Å². The van der Waals surface area contributed by atoms with Crippen LogP contribution >= 0.6 is 23.2 Å². The largest absolute Gasteiger partial charge is 0.305 e. The van der Waals surface area contributed by atoms with Crippen LogP contribution in [0.5, 0.6) is 0 Å². The maximum atomic E-state index is 13.3. The highest BCUT2D eigenvalue weighted by atomic mass is 35.5. The Hall–Kier alpha value is -0.310. The molecule has 1 rings (SSSR count). The Morgan fingerprint density at radius 3 is 2.62 bits per heavy atom. The van der Waals surface area contributed by atoms with Crippen LogP contribution in [0, 0.1) is 12.7 Å². The molecule has 0 atom stereocenters. The lowest BCUT2D eigenvalue weighted by molar-refractivity contribution is 0.359. The first-order chi connectivity index (χ1) is 7.54. The highest BCUT2D eigenvalue weighted by Crippen LogP contribution is 2.20. The number of halogens is 3. The first-order valence-electron chi connectivity index (χ1n) is 5.23. The lowest BCUT2D eigenvalue weighted by atomic mass is 10.1. The van der Waals surface area contributed by atoms with Gasteiger partial charge in [-0.05, 0) is 43.7 Å². The number of likely N-dealkylation sites (N-methyl/N-ethyl adjacent to an activating group) is 1. The van der Waals surface area contributed by atoms with E-state index in [-0.39, 0.29) is 5.82 Å². The van der Waals surface area contributed by atoms with Crippen molar-refractivity contribution < 1.29 is 4.39 Å². The summed E-state index contributed by atoms with van der Waals surface area (Å²) < 4.78 is 13.3. The maximum Gasteiger partial charge on any atom is 0.126 e. The molecule has 4 heteroatoms. The van der Waals surface area contributed by atoms with Crippen molar-refractivity contribution in [3.63, 3.8) is 0 Å². The Morgan fingerprint density at radius 1 is 1.31 bits per heavy atom. The Balaban J connectivity index is 2.63. The molecule has 0 fully saturated rings. The Morgan fingerprint density at radius 2 is 2.00 bits per heavy atom. The number of rotatable bonds is 5. The van der Waals surface area contributed by atoms with Gasteiger partial charge >= 0.3 is 0 Å². The van der Waals surface area contributed by atoms with E-state index in [1.807, 2.05) is 7.05 Å². The Bertz CT molecular complexity index is 355. The van der Waals surface area contributed by atoms with E-state index in [0.717, 1.165) is 25.1 Å². The summed E-state index contributed by atoms with van der Waals surface area (Å²) >= 11 is 11.7. The highest BCUT2D eigenvalue weighted by Gasteiger charge is 2.06. The van der Waals surface area contributed by atoms with Gasteiger partial charge < -0.3 is 4.90 Å². The van der Waals surface area contributed by atoms with Crippen molar-refractivity contribution in [1.82, 2.24) is 4.90 Å². The monoisotopic (exact) mass is 263 g/mol. The zero-order valence-corrected chi connectivity index (χ0v) is 11.1. The average molecular weight is 264 g/mol. The second-order valence-electron chi connectivity index (χ2n) is 3.94.